The van der Waals surface area contributed by atoms with Crippen LogP contribution in [-0.2, 0) is 26.8 Å². The molecule has 0 bridgehead atoms. The lowest BCUT2D eigenvalue weighted by Gasteiger charge is -2.38. The minimum Gasteiger partial charge on any atom is -0.493 e. The van der Waals surface area contributed by atoms with Crippen LogP contribution in [0.4, 0.5) is 22.0 Å². The molecule has 0 spiro atoms. The van der Waals surface area contributed by atoms with Gasteiger partial charge in [-0.1, -0.05) is 119 Å². The fraction of sp³-hybridized carbons (Fsp3) is 0.353. The van der Waals surface area contributed by atoms with E-state index >= 15 is 13.2 Å². The number of hydrogen-bond donors (Lipinski definition) is 0. The van der Waals surface area contributed by atoms with Crippen LogP contribution in [0.2, 0.25) is 0 Å². The second kappa shape index (κ2) is 21.4. The first-order valence-electron chi connectivity index (χ1n) is 27.9. The van der Waals surface area contributed by atoms with E-state index in [2.05, 4.69) is 31.2 Å². The van der Waals surface area contributed by atoms with Crippen molar-refractivity contribution in [2.75, 3.05) is 7.11 Å². The zero-order valence-electron chi connectivity index (χ0n) is 45.3. The van der Waals surface area contributed by atoms with Gasteiger partial charge in [-0.3, -0.25) is 9.59 Å². The second-order valence-electron chi connectivity index (χ2n) is 22.8. The maximum atomic E-state index is 15.2. The summed E-state index contributed by atoms with van der Waals surface area (Å²) in [5, 5.41) is 0.897. The van der Waals surface area contributed by atoms with Crippen LogP contribution in [0.3, 0.4) is 0 Å². The molecule has 7 aromatic carbocycles. The number of ether oxygens (including phenoxy) is 4. The molecule has 0 atom stereocenters. The Morgan fingerprint density at radius 1 is 0.658 bits per heavy atom. The SMILES string of the molecule is CCCCCC1CCC(c2ccc(-c3ccc(OC(=O)C4CCC(C(=O)Oc5cc6c7c(c8c(c6cc5OC)OC(c5ccc(F)cc5)(c5ccc(F)cc5)C=C8)C(C)(C)c5c-7cc(C)cc5C(F)(F)F)CC4)cc3)cc2)CC1. The van der Waals surface area contributed by atoms with Crippen LogP contribution in [0.1, 0.15) is 148 Å². The highest BCUT2D eigenvalue weighted by Crippen LogP contribution is 2.61. The Morgan fingerprint density at radius 2 is 1.23 bits per heavy atom. The minimum absolute atomic E-state index is 0.0584. The topological polar surface area (TPSA) is 71.1 Å². The highest BCUT2D eigenvalue weighted by molar-refractivity contribution is 6.10. The fourth-order valence-corrected chi connectivity index (χ4v) is 13.3. The van der Waals surface area contributed by atoms with Gasteiger partial charge in [0.25, 0.3) is 0 Å². The number of halogens is 5. The zero-order valence-corrected chi connectivity index (χ0v) is 45.3. The van der Waals surface area contributed by atoms with Gasteiger partial charge in [-0.25, -0.2) is 8.78 Å². The van der Waals surface area contributed by atoms with Gasteiger partial charge in [0.2, 0.25) is 0 Å². The van der Waals surface area contributed by atoms with Crippen molar-refractivity contribution in [3.05, 3.63) is 184 Å². The van der Waals surface area contributed by atoms with E-state index in [1.165, 1.54) is 94.4 Å². The molecule has 4 aliphatic rings. The lowest BCUT2D eigenvalue weighted by molar-refractivity contribution is -0.145. The number of carbonyl (C=O) groups excluding carboxylic acids is 2. The maximum absolute atomic E-state index is 15.2. The molecule has 2 fully saturated rings. The second-order valence-corrected chi connectivity index (χ2v) is 22.8. The van der Waals surface area contributed by atoms with Crippen LogP contribution in [0.5, 0.6) is 23.0 Å². The first-order valence-corrected chi connectivity index (χ1v) is 27.9. The molecule has 3 aliphatic carbocycles. The van der Waals surface area contributed by atoms with Crippen molar-refractivity contribution in [3.8, 4) is 45.3 Å². The molecule has 1 heterocycles. The molecule has 11 rings (SSSR count). The van der Waals surface area contributed by atoms with Gasteiger partial charge in [0.15, 0.2) is 17.1 Å². The first-order chi connectivity index (χ1) is 37.9. The maximum Gasteiger partial charge on any atom is 0.416 e. The molecule has 0 unspecified atom stereocenters. The van der Waals surface area contributed by atoms with Gasteiger partial charge in [0.1, 0.15) is 23.1 Å². The molecule has 408 valence electrons. The third kappa shape index (κ3) is 10.2. The van der Waals surface area contributed by atoms with E-state index in [1.54, 1.807) is 69.3 Å². The summed E-state index contributed by atoms with van der Waals surface area (Å²) in [7, 11) is 1.43. The Hall–Kier alpha value is -7.27. The van der Waals surface area contributed by atoms with Crippen molar-refractivity contribution in [2.45, 2.75) is 128 Å². The molecule has 0 N–H and O–H groups in total. The normalized spacial score (nSPS) is 19.9. The van der Waals surface area contributed by atoms with Gasteiger partial charge >= 0.3 is 18.1 Å². The highest BCUT2D eigenvalue weighted by Gasteiger charge is 2.49. The zero-order chi connectivity index (χ0) is 55.4. The summed E-state index contributed by atoms with van der Waals surface area (Å²) in [4.78, 5) is 27.8. The number of methoxy groups -OCH3 is 1. The highest BCUT2D eigenvalue weighted by atomic mass is 19.4. The van der Waals surface area contributed by atoms with Crippen molar-refractivity contribution in [1.29, 1.82) is 0 Å². The Morgan fingerprint density at radius 3 is 1.80 bits per heavy atom. The van der Waals surface area contributed by atoms with Gasteiger partial charge in [-0.05, 0) is 181 Å². The molecule has 6 nitrogen and oxygen atoms in total. The minimum atomic E-state index is -4.69. The van der Waals surface area contributed by atoms with E-state index in [9.17, 15) is 18.4 Å². The Labute approximate surface area is 459 Å². The predicted molar refractivity (Wildman–Crippen MR) is 298 cm³/mol. The van der Waals surface area contributed by atoms with Crippen LogP contribution >= 0.6 is 0 Å². The molecule has 11 heteroatoms. The monoisotopic (exact) mass is 1070 g/mol. The summed E-state index contributed by atoms with van der Waals surface area (Å²) in [5.74, 6) is -0.381. The van der Waals surface area contributed by atoms with Gasteiger partial charge in [0, 0.05) is 27.5 Å². The molecule has 0 radical (unpaired) electrons. The van der Waals surface area contributed by atoms with Gasteiger partial charge in [0.05, 0.1) is 24.5 Å². The number of esters is 2. The first kappa shape index (κ1) is 53.7. The van der Waals surface area contributed by atoms with Gasteiger partial charge < -0.3 is 18.9 Å². The summed E-state index contributed by atoms with van der Waals surface area (Å²) >= 11 is 0. The van der Waals surface area contributed by atoms with E-state index in [1.807, 2.05) is 30.3 Å². The molecule has 0 amide bonds. The fourth-order valence-electron chi connectivity index (χ4n) is 13.3. The van der Waals surface area contributed by atoms with Crippen molar-refractivity contribution < 1.29 is 50.5 Å². The van der Waals surface area contributed by atoms with Crippen LogP contribution in [0, 0.1) is 36.3 Å². The smallest absolute Gasteiger partial charge is 0.416 e. The van der Waals surface area contributed by atoms with Crippen LogP contribution in [0.15, 0.2) is 127 Å². The van der Waals surface area contributed by atoms with E-state index in [0.717, 1.165) is 17.0 Å². The summed E-state index contributed by atoms with van der Waals surface area (Å²) in [6.45, 7) is 7.41. The summed E-state index contributed by atoms with van der Waals surface area (Å²) in [5.41, 5.74) is 3.63. The molecule has 79 heavy (non-hydrogen) atoms. The predicted octanol–water partition coefficient (Wildman–Crippen LogP) is 17.9. The molecule has 0 aromatic heterocycles. The Bertz CT molecular complexity index is 3410. The van der Waals surface area contributed by atoms with Gasteiger partial charge in [-0.2, -0.15) is 13.2 Å². The lowest BCUT2D eigenvalue weighted by atomic mass is 9.75. The van der Waals surface area contributed by atoms with Crippen LogP contribution in [0.25, 0.3) is 39.1 Å². The molecule has 2 saturated carbocycles. The van der Waals surface area contributed by atoms with Crippen molar-refractivity contribution in [3.63, 3.8) is 0 Å². The average Bonchev–Trinajstić information content (AvgIpc) is 2.96. The molecule has 1 aliphatic heterocycles. The van der Waals surface area contributed by atoms with Crippen LogP contribution < -0.4 is 18.9 Å². The molecular formula is C68H65F5O6. The Balaban J connectivity index is 0.836. The number of aryl methyl sites for hydroxylation is 1. The number of unbranched alkanes of at least 4 members (excludes halogenated alkanes) is 2. The number of alkyl halides is 3. The number of fused-ring (bicyclic) bond motifs is 8. The molecule has 0 saturated heterocycles. The lowest BCUT2D eigenvalue weighted by Crippen LogP contribution is -2.35. The average molecular weight is 1070 g/mol. The van der Waals surface area contributed by atoms with Crippen LogP contribution in [-0.4, -0.2) is 19.0 Å². The van der Waals surface area contributed by atoms with E-state index in [-0.39, 0.29) is 23.0 Å². The van der Waals surface area contributed by atoms with Crippen molar-refractivity contribution in [2.24, 2.45) is 17.8 Å². The Kier molecular flexibility index (Phi) is 14.6. The van der Waals surface area contributed by atoms with E-state index < -0.39 is 52.2 Å². The summed E-state index contributed by atoms with van der Waals surface area (Å²) < 4.78 is 99.8. The van der Waals surface area contributed by atoms with Gasteiger partial charge in [-0.15, -0.1) is 0 Å². The number of rotatable bonds is 13. The quantitative estimate of drug-likeness (QED) is 0.0496. The number of benzene rings is 7. The van der Waals surface area contributed by atoms with E-state index in [4.69, 9.17) is 18.9 Å². The third-order valence-corrected chi connectivity index (χ3v) is 17.4. The largest absolute Gasteiger partial charge is 0.493 e. The molecular weight excluding hydrogens is 1010 g/mol. The summed E-state index contributed by atoms with van der Waals surface area (Å²) in [6, 6.07) is 34.2. The standard InChI is InChI=1S/C68H65F5O6/c1-6-7-8-9-41-10-12-42(13-11-41)43-14-16-44(17-15-43)45-22-32-52(33-23-45)77-64(74)46-18-20-47(21-19-46)65(75)78-59-38-54-55(39-58(59)76-5)63-53(62-60(54)56-36-40(2)37-57(68(71,72)73)61(56)66(62,3)4)34-35-67(79-63,48-24-28-50(69)29-25-48)49-26-30-51(70)31-27-49/h14-17,22-39,41-42,46-47H,6-13,18-21H2,1-5H3. The number of hydrogen-bond acceptors (Lipinski definition) is 6. The van der Waals surface area contributed by atoms with Crippen molar-refractivity contribution in [1.82, 2.24) is 0 Å². The van der Waals surface area contributed by atoms with E-state index in [0.29, 0.717) is 92.8 Å². The number of carbonyl (C=O) groups is 2. The third-order valence-electron chi connectivity index (χ3n) is 17.4. The molecule has 7 aromatic rings. The van der Waals surface area contributed by atoms with Crippen molar-refractivity contribution >= 4 is 28.8 Å². The summed E-state index contributed by atoms with van der Waals surface area (Å²) in [6.07, 6.45) is 10.9.